The van der Waals surface area contributed by atoms with E-state index >= 15 is 0 Å². The zero-order chi connectivity index (χ0) is 16.5. The van der Waals surface area contributed by atoms with E-state index < -0.39 is 10.9 Å². The van der Waals surface area contributed by atoms with Crippen molar-refractivity contribution in [2.24, 2.45) is 0 Å². The maximum atomic E-state index is 10.6. The van der Waals surface area contributed by atoms with Crippen LogP contribution in [0.4, 0.5) is 0 Å². The molecule has 1 aliphatic rings. The lowest BCUT2D eigenvalue weighted by Gasteiger charge is -2.29. The Hall–Kier alpha value is -1.28. The quantitative estimate of drug-likeness (QED) is 0.798. The predicted octanol–water partition coefficient (Wildman–Crippen LogP) is 4.75. The number of aliphatic hydroxyl groups is 1. The van der Waals surface area contributed by atoms with Crippen LogP contribution in [0.25, 0.3) is 5.57 Å². The SMILES string of the molecule is [B]C(C)(C)c1cc(C2=CCCCC=C2)cc(C(C)(C)O)c1C. The molecule has 116 valence electrons. The van der Waals surface area contributed by atoms with E-state index in [1.807, 2.05) is 27.7 Å². The van der Waals surface area contributed by atoms with Crippen molar-refractivity contribution >= 4 is 13.4 Å². The van der Waals surface area contributed by atoms with Crippen molar-refractivity contribution in [1.29, 1.82) is 0 Å². The Morgan fingerprint density at radius 1 is 1.05 bits per heavy atom. The molecule has 1 N–H and O–H groups in total. The van der Waals surface area contributed by atoms with Gasteiger partial charge in [-0.3, -0.25) is 0 Å². The van der Waals surface area contributed by atoms with Gasteiger partial charge in [0, 0.05) is 0 Å². The first-order valence-electron chi connectivity index (χ1n) is 8.14. The molecule has 0 atom stereocenters. The molecule has 22 heavy (non-hydrogen) atoms. The molecule has 1 aromatic carbocycles. The molecule has 2 radical (unpaired) electrons. The first kappa shape index (κ1) is 17.1. The molecule has 1 aliphatic carbocycles. The fourth-order valence-corrected chi connectivity index (χ4v) is 3.17. The predicted molar refractivity (Wildman–Crippen MR) is 96.2 cm³/mol. The van der Waals surface area contributed by atoms with Crippen LogP contribution >= 0.6 is 0 Å². The Kier molecular flexibility index (Phi) is 4.72. The first-order valence-corrected chi connectivity index (χ1v) is 8.14. The van der Waals surface area contributed by atoms with Gasteiger partial charge in [0.25, 0.3) is 0 Å². The summed E-state index contributed by atoms with van der Waals surface area (Å²) in [5.74, 6) is 0. The van der Waals surface area contributed by atoms with Gasteiger partial charge in [-0.15, -0.1) is 0 Å². The molecule has 0 bridgehead atoms. The number of hydrogen-bond donors (Lipinski definition) is 1. The molecule has 0 heterocycles. The van der Waals surface area contributed by atoms with Gasteiger partial charge in [-0.05, 0) is 79.2 Å². The highest BCUT2D eigenvalue weighted by Crippen LogP contribution is 2.35. The molecule has 0 saturated carbocycles. The molecular weight excluding hydrogens is 267 g/mol. The summed E-state index contributed by atoms with van der Waals surface area (Å²) in [6, 6.07) is 4.30. The van der Waals surface area contributed by atoms with Gasteiger partial charge in [0.05, 0.1) is 13.4 Å². The largest absolute Gasteiger partial charge is 0.386 e. The van der Waals surface area contributed by atoms with E-state index in [4.69, 9.17) is 7.85 Å². The summed E-state index contributed by atoms with van der Waals surface area (Å²) in [4.78, 5) is 0. The minimum Gasteiger partial charge on any atom is -0.386 e. The molecule has 0 spiro atoms. The minimum atomic E-state index is -0.880. The van der Waals surface area contributed by atoms with Crippen molar-refractivity contribution < 1.29 is 5.11 Å². The highest BCUT2D eigenvalue weighted by molar-refractivity contribution is 6.15. The lowest BCUT2D eigenvalue weighted by Crippen LogP contribution is -2.24. The molecule has 0 saturated heterocycles. The fraction of sp³-hybridized carbons (Fsp3) is 0.500. The Labute approximate surface area is 136 Å². The Morgan fingerprint density at radius 3 is 2.27 bits per heavy atom. The van der Waals surface area contributed by atoms with Crippen LogP contribution in [-0.4, -0.2) is 13.0 Å². The van der Waals surface area contributed by atoms with Crippen LogP contribution in [0.15, 0.2) is 30.4 Å². The summed E-state index contributed by atoms with van der Waals surface area (Å²) in [5.41, 5.74) is 4.64. The molecule has 2 heteroatoms. The molecule has 0 fully saturated rings. The first-order chi connectivity index (χ1) is 10.1. The maximum absolute atomic E-state index is 10.6. The standard InChI is InChI=1S/C20H27BO/c1-14-17(19(2,3)21)12-16(13-18(14)20(4,5)22)15-10-8-6-7-9-11-15/h8,10-13,22H,6-7,9H2,1-5H3. The third kappa shape index (κ3) is 3.73. The van der Waals surface area contributed by atoms with Crippen LogP contribution in [0, 0.1) is 6.92 Å². The van der Waals surface area contributed by atoms with Crippen molar-refractivity contribution in [1.82, 2.24) is 0 Å². The molecule has 2 rings (SSSR count). The van der Waals surface area contributed by atoms with Crippen LogP contribution in [0.5, 0.6) is 0 Å². The fourth-order valence-electron chi connectivity index (χ4n) is 3.17. The topological polar surface area (TPSA) is 20.2 Å². The molecular formula is C20H27BO. The monoisotopic (exact) mass is 294 g/mol. The third-order valence-electron chi connectivity index (χ3n) is 4.33. The summed E-state index contributed by atoms with van der Waals surface area (Å²) >= 11 is 0. The van der Waals surface area contributed by atoms with Gasteiger partial charge in [-0.2, -0.15) is 0 Å². The van der Waals surface area contributed by atoms with Crippen molar-refractivity contribution in [3.63, 3.8) is 0 Å². The highest BCUT2D eigenvalue weighted by atomic mass is 16.3. The summed E-state index contributed by atoms with van der Waals surface area (Å²) in [5, 5.41) is 10.1. The molecule has 0 aromatic heterocycles. The zero-order valence-corrected chi connectivity index (χ0v) is 14.5. The van der Waals surface area contributed by atoms with Crippen molar-refractivity contribution in [3.05, 3.63) is 52.6 Å². The van der Waals surface area contributed by atoms with E-state index in [9.17, 15) is 5.11 Å². The van der Waals surface area contributed by atoms with Gasteiger partial charge in [0.15, 0.2) is 0 Å². The number of rotatable bonds is 3. The van der Waals surface area contributed by atoms with E-state index in [0.29, 0.717) is 0 Å². The van der Waals surface area contributed by atoms with Gasteiger partial charge in [0.2, 0.25) is 0 Å². The van der Waals surface area contributed by atoms with Crippen LogP contribution in [0.1, 0.15) is 69.2 Å². The summed E-state index contributed by atoms with van der Waals surface area (Å²) in [7, 11) is 6.38. The lowest BCUT2D eigenvalue weighted by molar-refractivity contribution is 0.0777. The minimum absolute atomic E-state index is 0.435. The Bertz CT molecular complexity index is 575. The summed E-state index contributed by atoms with van der Waals surface area (Å²) in [6.07, 6.45) is 10.1. The summed E-state index contributed by atoms with van der Waals surface area (Å²) < 4.78 is 0. The van der Waals surface area contributed by atoms with Gasteiger partial charge < -0.3 is 5.11 Å². The summed E-state index contributed by atoms with van der Waals surface area (Å²) in [6.45, 7) is 9.76. The second-order valence-corrected chi connectivity index (χ2v) is 7.47. The number of benzene rings is 1. The Balaban J connectivity index is 2.68. The van der Waals surface area contributed by atoms with E-state index in [0.717, 1.165) is 35.1 Å². The smallest absolute Gasteiger partial charge is 0.0843 e. The van der Waals surface area contributed by atoms with Gasteiger partial charge in [-0.1, -0.05) is 38.1 Å². The van der Waals surface area contributed by atoms with Gasteiger partial charge in [0.1, 0.15) is 0 Å². The molecule has 0 unspecified atom stereocenters. The lowest BCUT2D eigenvalue weighted by atomic mass is 9.65. The van der Waals surface area contributed by atoms with Gasteiger partial charge in [-0.25, -0.2) is 0 Å². The third-order valence-corrected chi connectivity index (χ3v) is 4.33. The van der Waals surface area contributed by atoms with E-state index in [-0.39, 0.29) is 0 Å². The van der Waals surface area contributed by atoms with Crippen LogP contribution in [0.2, 0.25) is 0 Å². The molecule has 0 amide bonds. The molecule has 1 aromatic rings. The van der Waals surface area contributed by atoms with Crippen LogP contribution in [0.3, 0.4) is 0 Å². The Morgan fingerprint density at radius 2 is 1.68 bits per heavy atom. The second-order valence-electron chi connectivity index (χ2n) is 7.47. The van der Waals surface area contributed by atoms with Crippen molar-refractivity contribution in [2.45, 2.75) is 64.8 Å². The van der Waals surface area contributed by atoms with E-state index in [1.54, 1.807) is 0 Å². The molecule has 1 nitrogen and oxygen atoms in total. The normalized spacial score (nSPS) is 16.4. The average Bonchev–Trinajstić information content (AvgIpc) is 2.65. The maximum Gasteiger partial charge on any atom is 0.0843 e. The van der Waals surface area contributed by atoms with Crippen LogP contribution in [-0.2, 0) is 10.9 Å². The average molecular weight is 294 g/mol. The highest BCUT2D eigenvalue weighted by Gasteiger charge is 2.25. The zero-order valence-electron chi connectivity index (χ0n) is 14.5. The second kappa shape index (κ2) is 6.08. The van der Waals surface area contributed by atoms with Crippen molar-refractivity contribution in [2.75, 3.05) is 0 Å². The number of hydrogen-bond acceptors (Lipinski definition) is 1. The van der Waals surface area contributed by atoms with Crippen molar-refractivity contribution in [3.8, 4) is 0 Å². The van der Waals surface area contributed by atoms with E-state index in [2.05, 4.69) is 37.3 Å². The molecule has 0 aliphatic heterocycles. The number of allylic oxidation sites excluding steroid dienone is 4. The van der Waals surface area contributed by atoms with Crippen LogP contribution < -0.4 is 0 Å². The van der Waals surface area contributed by atoms with Gasteiger partial charge >= 0.3 is 0 Å². The van der Waals surface area contributed by atoms with E-state index in [1.165, 1.54) is 12.0 Å².